The SMILES string of the molecule is COCC(N)C(=O)NC(COC)C(=O)O.Cl. The molecule has 0 aromatic heterocycles. The van der Waals surface area contributed by atoms with E-state index >= 15 is 0 Å². The second-order valence-corrected chi connectivity index (χ2v) is 2.92. The van der Waals surface area contributed by atoms with E-state index in [9.17, 15) is 9.59 Å². The van der Waals surface area contributed by atoms with Crippen LogP contribution in [0.4, 0.5) is 0 Å². The number of hydrogen-bond donors (Lipinski definition) is 3. The number of rotatable bonds is 7. The molecule has 0 spiro atoms. The monoisotopic (exact) mass is 256 g/mol. The van der Waals surface area contributed by atoms with Crippen molar-refractivity contribution in [2.24, 2.45) is 5.73 Å². The third-order valence-electron chi connectivity index (χ3n) is 1.63. The number of amides is 1. The maximum atomic E-state index is 11.3. The van der Waals surface area contributed by atoms with Crippen LogP contribution in [0.3, 0.4) is 0 Å². The highest BCUT2D eigenvalue weighted by molar-refractivity contribution is 5.86. The van der Waals surface area contributed by atoms with Crippen molar-refractivity contribution in [1.82, 2.24) is 5.32 Å². The summed E-state index contributed by atoms with van der Waals surface area (Å²) in [6.45, 7) is -0.0775. The van der Waals surface area contributed by atoms with Gasteiger partial charge in [-0.15, -0.1) is 12.4 Å². The minimum Gasteiger partial charge on any atom is -0.480 e. The first-order chi connectivity index (χ1) is 7.02. The fourth-order valence-electron chi connectivity index (χ4n) is 0.875. The molecule has 0 rings (SSSR count). The van der Waals surface area contributed by atoms with Gasteiger partial charge in [-0.1, -0.05) is 0 Å². The van der Waals surface area contributed by atoms with Crippen molar-refractivity contribution in [2.45, 2.75) is 12.1 Å². The van der Waals surface area contributed by atoms with Crippen molar-refractivity contribution in [1.29, 1.82) is 0 Å². The Balaban J connectivity index is 0. The second-order valence-electron chi connectivity index (χ2n) is 2.92. The molecule has 0 radical (unpaired) electrons. The Labute approximate surface area is 99.7 Å². The van der Waals surface area contributed by atoms with E-state index in [0.717, 1.165) is 0 Å². The number of carbonyl (C=O) groups excluding carboxylic acids is 1. The fourth-order valence-corrected chi connectivity index (χ4v) is 0.875. The molecule has 0 aliphatic carbocycles. The van der Waals surface area contributed by atoms with Gasteiger partial charge in [0.15, 0.2) is 6.04 Å². The molecule has 2 unspecified atom stereocenters. The largest absolute Gasteiger partial charge is 0.480 e. The lowest BCUT2D eigenvalue weighted by Gasteiger charge is -2.16. The second kappa shape index (κ2) is 9.34. The van der Waals surface area contributed by atoms with Crippen LogP contribution in [0.1, 0.15) is 0 Å². The number of carboxylic acids is 1. The molecule has 0 aromatic rings. The third-order valence-corrected chi connectivity index (χ3v) is 1.63. The van der Waals surface area contributed by atoms with Crippen LogP contribution < -0.4 is 11.1 Å². The van der Waals surface area contributed by atoms with Gasteiger partial charge in [-0.25, -0.2) is 4.79 Å². The van der Waals surface area contributed by atoms with Gasteiger partial charge in [-0.3, -0.25) is 4.79 Å². The van der Waals surface area contributed by atoms with Crippen LogP contribution in [-0.2, 0) is 19.1 Å². The number of methoxy groups -OCH3 is 2. The molecule has 0 saturated carbocycles. The van der Waals surface area contributed by atoms with Crippen molar-refractivity contribution >= 4 is 24.3 Å². The van der Waals surface area contributed by atoms with E-state index in [1.54, 1.807) is 0 Å². The van der Waals surface area contributed by atoms with Crippen molar-refractivity contribution in [2.75, 3.05) is 27.4 Å². The molecule has 2 atom stereocenters. The van der Waals surface area contributed by atoms with Gasteiger partial charge in [0.05, 0.1) is 13.2 Å². The number of carbonyl (C=O) groups is 2. The van der Waals surface area contributed by atoms with Gasteiger partial charge in [0.2, 0.25) is 5.91 Å². The van der Waals surface area contributed by atoms with Crippen molar-refractivity contribution in [3.8, 4) is 0 Å². The first kappa shape index (κ1) is 17.5. The lowest BCUT2D eigenvalue weighted by molar-refractivity contribution is -0.143. The summed E-state index contributed by atoms with van der Waals surface area (Å²) in [5.74, 6) is -1.75. The number of nitrogens with two attached hydrogens (primary N) is 1. The predicted octanol–water partition coefficient (Wildman–Crippen LogP) is -1.40. The molecule has 16 heavy (non-hydrogen) atoms. The lowest BCUT2D eigenvalue weighted by atomic mass is 10.2. The average molecular weight is 257 g/mol. The van der Waals surface area contributed by atoms with E-state index in [0.29, 0.717) is 0 Å². The summed E-state index contributed by atoms with van der Waals surface area (Å²) in [5.41, 5.74) is 5.40. The Kier molecular flexibility index (Phi) is 10.2. The van der Waals surface area contributed by atoms with Crippen molar-refractivity contribution < 1.29 is 24.2 Å². The van der Waals surface area contributed by atoms with Gasteiger partial charge < -0.3 is 25.6 Å². The highest BCUT2D eigenvalue weighted by Gasteiger charge is 2.22. The standard InChI is InChI=1S/C8H16N2O5.ClH/c1-14-3-5(9)7(11)10-6(4-15-2)8(12)13;/h5-6H,3-4,9H2,1-2H3,(H,10,11)(H,12,13);1H. The van der Waals surface area contributed by atoms with E-state index in [-0.39, 0.29) is 25.6 Å². The molecule has 0 aliphatic heterocycles. The van der Waals surface area contributed by atoms with Crippen LogP contribution in [0.5, 0.6) is 0 Å². The van der Waals surface area contributed by atoms with Crippen LogP contribution >= 0.6 is 12.4 Å². The van der Waals surface area contributed by atoms with E-state index < -0.39 is 24.0 Å². The molecule has 0 heterocycles. The molecule has 4 N–H and O–H groups in total. The maximum absolute atomic E-state index is 11.3. The van der Waals surface area contributed by atoms with Gasteiger partial charge in [-0.05, 0) is 0 Å². The summed E-state index contributed by atoms with van der Waals surface area (Å²) in [5, 5.41) is 10.9. The molecular formula is C8H17ClN2O5. The van der Waals surface area contributed by atoms with E-state index in [1.807, 2.05) is 0 Å². The molecule has 1 amide bonds. The van der Waals surface area contributed by atoms with Crippen LogP contribution in [0.15, 0.2) is 0 Å². The van der Waals surface area contributed by atoms with Gasteiger partial charge in [0.25, 0.3) is 0 Å². The summed E-state index contributed by atoms with van der Waals surface area (Å²) >= 11 is 0. The topological polar surface area (TPSA) is 111 Å². The number of carboxylic acid groups (broad SMARTS) is 1. The van der Waals surface area contributed by atoms with E-state index in [2.05, 4.69) is 14.8 Å². The molecule has 96 valence electrons. The zero-order chi connectivity index (χ0) is 11.8. The van der Waals surface area contributed by atoms with Crippen molar-refractivity contribution in [3.05, 3.63) is 0 Å². The third kappa shape index (κ3) is 6.57. The molecule has 0 aliphatic rings. The highest BCUT2D eigenvalue weighted by Crippen LogP contribution is 1.88. The number of ether oxygens (including phenoxy) is 2. The molecule has 0 fully saturated rings. The summed E-state index contributed by atoms with van der Waals surface area (Å²) in [7, 11) is 2.74. The Bertz CT molecular complexity index is 226. The maximum Gasteiger partial charge on any atom is 0.328 e. The Morgan fingerprint density at radius 2 is 1.81 bits per heavy atom. The molecule has 7 nitrogen and oxygen atoms in total. The van der Waals surface area contributed by atoms with E-state index in [1.165, 1.54) is 14.2 Å². The van der Waals surface area contributed by atoms with Crippen LogP contribution in [0.25, 0.3) is 0 Å². The molecule has 8 heteroatoms. The number of aliphatic carboxylic acids is 1. The van der Waals surface area contributed by atoms with Crippen LogP contribution in [-0.4, -0.2) is 56.5 Å². The summed E-state index contributed by atoms with van der Waals surface area (Å²) < 4.78 is 9.30. The average Bonchev–Trinajstić information content (AvgIpc) is 2.17. The summed E-state index contributed by atoms with van der Waals surface area (Å²) in [4.78, 5) is 21.9. The van der Waals surface area contributed by atoms with Crippen LogP contribution in [0.2, 0.25) is 0 Å². The predicted molar refractivity (Wildman–Crippen MR) is 58.5 cm³/mol. The molecule has 0 saturated heterocycles. The quantitative estimate of drug-likeness (QED) is 0.517. The van der Waals surface area contributed by atoms with E-state index in [4.69, 9.17) is 10.8 Å². The number of hydrogen-bond acceptors (Lipinski definition) is 5. The minimum atomic E-state index is -1.17. The van der Waals surface area contributed by atoms with Gasteiger partial charge in [-0.2, -0.15) is 0 Å². The molecule has 0 bridgehead atoms. The fraction of sp³-hybridized carbons (Fsp3) is 0.750. The first-order valence-electron chi connectivity index (χ1n) is 4.29. The zero-order valence-corrected chi connectivity index (χ0v) is 9.95. The Hall–Kier alpha value is -0.890. The number of nitrogens with one attached hydrogen (secondary N) is 1. The Morgan fingerprint density at radius 1 is 1.31 bits per heavy atom. The molecular weight excluding hydrogens is 240 g/mol. The van der Waals surface area contributed by atoms with Crippen LogP contribution in [0, 0.1) is 0 Å². The molecule has 0 aromatic carbocycles. The van der Waals surface area contributed by atoms with Gasteiger partial charge >= 0.3 is 5.97 Å². The Morgan fingerprint density at radius 3 is 2.19 bits per heavy atom. The summed E-state index contributed by atoms with van der Waals surface area (Å²) in [6, 6.07) is -1.97. The normalized spacial score (nSPS) is 13.4. The van der Waals surface area contributed by atoms with Gasteiger partial charge in [0.1, 0.15) is 6.04 Å². The lowest BCUT2D eigenvalue weighted by Crippen LogP contribution is -2.51. The minimum absolute atomic E-state index is 0. The summed E-state index contributed by atoms with van der Waals surface area (Å²) in [6.07, 6.45) is 0. The van der Waals surface area contributed by atoms with Gasteiger partial charge in [0, 0.05) is 14.2 Å². The first-order valence-corrected chi connectivity index (χ1v) is 4.29. The zero-order valence-electron chi connectivity index (χ0n) is 9.13. The smallest absolute Gasteiger partial charge is 0.328 e. The number of halogens is 1. The van der Waals surface area contributed by atoms with Crippen molar-refractivity contribution in [3.63, 3.8) is 0 Å². The highest BCUT2D eigenvalue weighted by atomic mass is 35.5.